The fraction of sp³-hybridized carbons (Fsp3) is 0.429. The molecule has 0 unspecified atom stereocenters. The third-order valence-electron chi connectivity index (χ3n) is 0.880. The second kappa shape index (κ2) is 4.60. The van der Waals surface area contributed by atoms with Gasteiger partial charge in [-0.15, -0.1) is 0 Å². The summed E-state index contributed by atoms with van der Waals surface area (Å²) < 4.78 is 15.9. The predicted molar refractivity (Wildman–Crippen MR) is 36.5 cm³/mol. The van der Waals surface area contributed by atoms with Crippen molar-refractivity contribution in [3.63, 3.8) is 0 Å². The van der Waals surface area contributed by atoms with Crippen LogP contribution in [0.2, 0.25) is 0 Å². The molecule has 0 aliphatic rings. The molecule has 0 radical (unpaired) electrons. The number of ether oxygens (including phenoxy) is 1. The lowest BCUT2D eigenvalue weighted by Crippen LogP contribution is -2.07. The Morgan fingerprint density at radius 2 is 2.09 bits per heavy atom. The minimum Gasteiger partial charge on any atom is -0.462 e. The summed E-state index contributed by atoms with van der Waals surface area (Å²) in [6.07, 6.45) is -0.390. The van der Waals surface area contributed by atoms with Gasteiger partial charge in [-0.1, -0.05) is 6.58 Å². The maximum Gasteiger partial charge on any atom is 0.333 e. The molecule has 0 aromatic carbocycles. The zero-order chi connectivity index (χ0) is 8.85. The van der Waals surface area contributed by atoms with Gasteiger partial charge < -0.3 is 4.74 Å². The standard InChI is InChI=1S/C7H9FO3/c1-5(2)7(10)11-4-3-6(8)9/h1,3-4H2,2H3. The summed E-state index contributed by atoms with van der Waals surface area (Å²) in [5, 5.41) is 0. The van der Waals surface area contributed by atoms with E-state index in [1.165, 1.54) is 6.92 Å². The average Bonchev–Trinajstić information content (AvgIpc) is 1.86. The van der Waals surface area contributed by atoms with E-state index in [1.54, 1.807) is 0 Å². The highest BCUT2D eigenvalue weighted by Gasteiger charge is 2.04. The van der Waals surface area contributed by atoms with Crippen LogP contribution in [-0.2, 0) is 14.3 Å². The zero-order valence-electron chi connectivity index (χ0n) is 6.22. The highest BCUT2D eigenvalue weighted by molar-refractivity contribution is 5.87. The number of carbonyl (C=O) groups excluding carboxylic acids is 2. The van der Waals surface area contributed by atoms with Crippen LogP contribution in [0.15, 0.2) is 12.2 Å². The number of hydrogen-bond donors (Lipinski definition) is 0. The van der Waals surface area contributed by atoms with Crippen molar-refractivity contribution in [2.24, 2.45) is 0 Å². The van der Waals surface area contributed by atoms with Crippen LogP contribution in [0, 0.1) is 0 Å². The molecule has 0 saturated heterocycles. The number of esters is 1. The Balaban J connectivity index is 3.47. The van der Waals surface area contributed by atoms with Crippen molar-refractivity contribution < 1.29 is 18.7 Å². The third-order valence-corrected chi connectivity index (χ3v) is 0.880. The minimum atomic E-state index is -1.49. The Bertz CT molecular complexity index is 186. The van der Waals surface area contributed by atoms with Gasteiger partial charge in [-0.2, -0.15) is 4.39 Å². The van der Waals surface area contributed by atoms with Crippen LogP contribution in [0.3, 0.4) is 0 Å². The Morgan fingerprint density at radius 3 is 2.45 bits per heavy atom. The van der Waals surface area contributed by atoms with Crippen LogP contribution in [0.5, 0.6) is 0 Å². The Kier molecular flexibility index (Phi) is 4.10. The molecule has 0 fully saturated rings. The quantitative estimate of drug-likeness (QED) is 0.350. The van der Waals surface area contributed by atoms with Gasteiger partial charge in [-0.25, -0.2) is 4.79 Å². The van der Waals surface area contributed by atoms with Gasteiger partial charge in [0.2, 0.25) is 0 Å². The summed E-state index contributed by atoms with van der Waals surface area (Å²) in [6, 6.07) is -1.49. The van der Waals surface area contributed by atoms with Crippen molar-refractivity contribution in [1.82, 2.24) is 0 Å². The zero-order valence-corrected chi connectivity index (χ0v) is 6.22. The van der Waals surface area contributed by atoms with Crippen LogP contribution < -0.4 is 0 Å². The number of hydrogen-bond acceptors (Lipinski definition) is 3. The van der Waals surface area contributed by atoms with Gasteiger partial charge in [-0.05, 0) is 6.92 Å². The largest absolute Gasteiger partial charge is 0.462 e. The summed E-state index contributed by atoms with van der Waals surface area (Å²) in [7, 11) is 0. The Morgan fingerprint density at radius 1 is 1.55 bits per heavy atom. The maximum atomic E-state index is 11.5. The van der Waals surface area contributed by atoms with E-state index in [2.05, 4.69) is 11.3 Å². The van der Waals surface area contributed by atoms with E-state index in [0.717, 1.165) is 0 Å². The summed E-state index contributed by atoms with van der Waals surface area (Å²) in [5.74, 6) is -0.605. The van der Waals surface area contributed by atoms with E-state index in [9.17, 15) is 14.0 Å². The molecule has 0 spiro atoms. The molecule has 3 nitrogen and oxygen atoms in total. The van der Waals surface area contributed by atoms with Crippen molar-refractivity contribution in [1.29, 1.82) is 0 Å². The van der Waals surface area contributed by atoms with Crippen molar-refractivity contribution >= 4 is 12.0 Å². The van der Waals surface area contributed by atoms with Crippen molar-refractivity contribution in [2.45, 2.75) is 13.3 Å². The van der Waals surface area contributed by atoms with Gasteiger partial charge in [0.15, 0.2) is 0 Å². The van der Waals surface area contributed by atoms with Gasteiger partial charge in [0.25, 0.3) is 0 Å². The van der Waals surface area contributed by atoms with Gasteiger partial charge in [0.1, 0.15) is 6.61 Å². The summed E-state index contributed by atoms with van der Waals surface area (Å²) in [4.78, 5) is 20.3. The minimum absolute atomic E-state index is 0.221. The molecule has 0 saturated carbocycles. The molecule has 0 aromatic heterocycles. The monoisotopic (exact) mass is 160 g/mol. The van der Waals surface area contributed by atoms with Crippen LogP contribution in [0.1, 0.15) is 13.3 Å². The molecule has 0 aromatic rings. The van der Waals surface area contributed by atoms with Gasteiger partial charge in [0.05, 0.1) is 6.42 Å². The second-order valence-electron chi connectivity index (χ2n) is 2.02. The Labute approximate surface area is 63.8 Å². The normalized spacial score (nSPS) is 8.91. The average molecular weight is 160 g/mol. The lowest BCUT2D eigenvalue weighted by atomic mass is 10.4. The number of rotatable bonds is 4. The fourth-order valence-corrected chi connectivity index (χ4v) is 0.347. The molecule has 62 valence electrons. The molecular weight excluding hydrogens is 151 g/mol. The van der Waals surface area contributed by atoms with E-state index >= 15 is 0 Å². The molecule has 0 bridgehead atoms. The molecule has 0 aliphatic heterocycles. The molecule has 0 aliphatic carbocycles. The molecule has 0 heterocycles. The summed E-state index contributed by atoms with van der Waals surface area (Å²) in [6.45, 7) is 4.55. The van der Waals surface area contributed by atoms with Crippen LogP contribution in [0.4, 0.5) is 4.39 Å². The highest BCUT2D eigenvalue weighted by atomic mass is 19.1. The Hall–Kier alpha value is -1.19. The maximum absolute atomic E-state index is 11.5. The molecule has 0 amide bonds. The predicted octanol–water partition coefficient (Wildman–Crippen LogP) is 0.992. The van der Waals surface area contributed by atoms with Gasteiger partial charge >= 0.3 is 12.0 Å². The van der Waals surface area contributed by atoms with Crippen molar-refractivity contribution in [3.05, 3.63) is 12.2 Å². The van der Waals surface area contributed by atoms with Crippen LogP contribution in [0.25, 0.3) is 0 Å². The molecule has 0 atom stereocenters. The topological polar surface area (TPSA) is 43.4 Å². The van der Waals surface area contributed by atoms with Crippen LogP contribution in [-0.4, -0.2) is 18.6 Å². The molecule has 0 N–H and O–H groups in total. The molecule has 0 rings (SSSR count). The first kappa shape index (κ1) is 9.81. The smallest absolute Gasteiger partial charge is 0.333 e. The second-order valence-corrected chi connectivity index (χ2v) is 2.02. The van der Waals surface area contributed by atoms with E-state index in [0.29, 0.717) is 0 Å². The summed E-state index contributed by atoms with van der Waals surface area (Å²) in [5.41, 5.74) is 0.233. The van der Waals surface area contributed by atoms with Gasteiger partial charge in [0, 0.05) is 5.57 Å². The van der Waals surface area contributed by atoms with E-state index in [-0.39, 0.29) is 18.6 Å². The van der Waals surface area contributed by atoms with Crippen molar-refractivity contribution in [2.75, 3.05) is 6.61 Å². The third kappa shape index (κ3) is 5.26. The van der Waals surface area contributed by atoms with E-state index in [4.69, 9.17) is 0 Å². The van der Waals surface area contributed by atoms with E-state index in [1.807, 2.05) is 0 Å². The number of carbonyl (C=O) groups is 2. The van der Waals surface area contributed by atoms with Crippen LogP contribution >= 0.6 is 0 Å². The van der Waals surface area contributed by atoms with E-state index < -0.39 is 12.0 Å². The van der Waals surface area contributed by atoms with Crippen molar-refractivity contribution in [3.8, 4) is 0 Å². The molecular formula is C7H9FO3. The first-order valence-electron chi connectivity index (χ1n) is 3.05. The van der Waals surface area contributed by atoms with Gasteiger partial charge in [-0.3, -0.25) is 4.79 Å². The first-order valence-corrected chi connectivity index (χ1v) is 3.05. The molecule has 4 heteroatoms. The lowest BCUT2D eigenvalue weighted by Gasteiger charge is -1.99. The first-order chi connectivity index (χ1) is 5.04. The fourth-order valence-electron chi connectivity index (χ4n) is 0.347. The summed E-state index contributed by atoms with van der Waals surface area (Å²) >= 11 is 0. The SMILES string of the molecule is C=C(C)C(=O)OCCC(=O)F. The lowest BCUT2D eigenvalue weighted by molar-refractivity contribution is -0.140. The number of halogens is 1. The highest BCUT2D eigenvalue weighted by Crippen LogP contribution is 1.93. The molecule has 11 heavy (non-hydrogen) atoms.